The van der Waals surface area contributed by atoms with Crippen molar-refractivity contribution in [3.8, 4) is 5.75 Å². The molecule has 1 saturated heterocycles. The lowest BCUT2D eigenvalue weighted by Gasteiger charge is -2.36. The molecule has 1 aliphatic rings. The van der Waals surface area contributed by atoms with Crippen molar-refractivity contribution in [2.75, 3.05) is 38.2 Å². The third-order valence-corrected chi connectivity index (χ3v) is 5.02. The summed E-state index contributed by atoms with van der Waals surface area (Å²) in [4.78, 5) is 14.5. The zero-order valence-corrected chi connectivity index (χ0v) is 14.6. The minimum Gasteiger partial charge on any atom is -0.497 e. The highest BCUT2D eigenvalue weighted by molar-refractivity contribution is 5.50. The first-order chi connectivity index (χ1) is 12.1. The van der Waals surface area contributed by atoms with Gasteiger partial charge in [0.15, 0.2) is 0 Å². The standard InChI is InChI=1S/C19H23N3O3/c1-15(16-5-3-7-18(13-16)22(23)24)20-9-11-21(12-10-20)17-6-4-8-19(14-17)25-2/h3-8,13-15H,9-12H2,1-2H3/p+1/t15-/m0/s1. The molecule has 132 valence electrons. The van der Waals surface area contributed by atoms with Crippen LogP contribution in [0.25, 0.3) is 0 Å². The van der Waals surface area contributed by atoms with Crippen LogP contribution in [0.2, 0.25) is 0 Å². The highest BCUT2D eigenvalue weighted by Crippen LogP contribution is 2.21. The zero-order valence-electron chi connectivity index (χ0n) is 14.6. The van der Waals surface area contributed by atoms with Crippen LogP contribution >= 0.6 is 0 Å². The maximum absolute atomic E-state index is 11.0. The van der Waals surface area contributed by atoms with E-state index in [-0.39, 0.29) is 16.7 Å². The van der Waals surface area contributed by atoms with Crippen LogP contribution in [0.1, 0.15) is 18.5 Å². The number of piperazine rings is 1. The van der Waals surface area contributed by atoms with Crippen molar-refractivity contribution >= 4 is 11.4 Å². The van der Waals surface area contributed by atoms with Crippen LogP contribution in [0.5, 0.6) is 5.75 Å². The minimum absolute atomic E-state index is 0.166. The van der Waals surface area contributed by atoms with E-state index in [1.807, 2.05) is 18.2 Å². The number of hydrogen-bond donors (Lipinski definition) is 1. The van der Waals surface area contributed by atoms with Crippen LogP contribution in [-0.4, -0.2) is 38.2 Å². The molecule has 0 spiro atoms. The number of nitrogens with one attached hydrogen (secondary N) is 1. The van der Waals surface area contributed by atoms with E-state index in [0.717, 1.165) is 37.5 Å². The summed E-state index contributed by atoms with van der Waals surface area (Å²) >= 11 is 0. The quantitative estimate of drug-likeness (QED) is 0.667. The molecule has 0 amide bonds. The predicted octanol–water partition coefficient (Wildman–Crippen LogP) is 2.07. The van der Waals surface area contributed by atoms with Gasteiger partial charge in [0.05, 0.1) is 38.2 Å². The molecular weight excluding hydrogens is 318 g/mol. The number of nitro groups is 1. The number of nitro benzene ring substituents is 1. The highest BCUT2D eigenvalue weighted by atomic mass is 16.6. The van der Waals surface area contributed by atoms with E-state index in [2.05, 4.69) is 24.0 Å². The van der Waals surface area contributed by atoms with E-state index in [1.54, 1.807) is 25.3 Å². The molecule has 1 N–H and O–H groups in total. The number of nitrogens with zero attached hydrogens (tertiary/aromatic N) is 2. The van der Waals surface area contributed by atoms with Crippen molar-refractivity contribution in [2.45, 2.75) is 13.0 Å². The monoisotopic (exact) mass is 342 g/mol. The third kappa shape index (κ3) is 3.91. The first-order valence-electron chi connectivity index (χ1n) is 8.56. The summed E-state index contributed by atoms with van der Waals surface area (Å²) in [6, 6.07) is 15.4. The summed E-state index contributed by atoms with van der Waals surface area (Å²) < 4.78 is 5.31. The molecule has 6 nitrogen and oxygen atoms in total. The molecule has 0 aliphatic carbocycles. The second-order valence-corrected chi connectivity index (χ2v) is 6.42. The molecule has 1 fully saturated rings. The Balaban J connectivity index is 1.65. The molecule has 1 aliphatic heterocycles. The number of methoxy groups -OCH3 is 1. The van der Waals surface area contributed by atoms with E-state index in [4.69, 9.17) is 4.74 Å². The van der Waals surface area contributed by atoms with Crippen LogP contribution in [-0.2, 0) is 0 Å². The molecule has 1 atom stereocenters. The van der Waals surface area contributed by atoms with Crippen LogP contribution in [0.4, 0.5) is 11.4 Å². The Morgan fingerprint density at radius 3 is 2.56 bits per heavy atom. The first kappa shape index (κ1) is 17.2. The summed E-state index contributed by atoms with van der Waals surface area (Å²) in [5.74, 6) is 0.872. The van der Waals surface area contributed by atoms with Gasteiger partial charge in [0.25, 0.3) is 5.69 Å². The number of non-ortho nitro benzene ring substituents is 1. The molecule has 1 heterocycles. The van der Waals surface area contributed by atoms with Crippen LogP contribution in [0, 0.1) is 10.1 Å². The van der Waals surface area contributed by atoms with E-state index in [1.165, 1.54) is 10.6 Å². The van der Waals surface area contributed by atoms with Crippen molar-refractivity contribution < 1.29 is 14.6 Å². The lowest BCUT2D eigenvalue weighted by Crippen LogP contribution is -3.14. The van der Waals surface area contributed by atoms with Gasteiger partial charge < -0.3 is 14.5 Å². The Hall–Kier alpha value is -2.60. The Kier molecular flexibility index (Phi) is 5.19. The highest BCUT2D eigenvalue weighted by Gasteiger charge is 2.26. The average Bonchev–Trinajstić information content (AvgIpc) is 2.67. The molecule has 0 radical (unpaired) electrons. The van der Waals surface area contributed by atoms with Gasteiger partial charge in [-0.25, -0.2) is 0 Å². The number of ether oxygens (including phenoxy) is 1. The fourth-order valence-electron chi connectivity index (χ4n) is 3.44. The van der Waals surface area contributed by atoms with E-state index < -0.39 is 0 Å². The first-order valence-corrected chi connectivity index (χ1v) is 8.56. The smallest absolute Gasteiger partial charge is 0.269 e. The fraction of sp³-hybridized carbons (Fsp3) is 0.368. The molecule has 0 bridgehead atoms. The Bertz CT molecular complexity index is 742. The average molecular weight is 342 g/mol. The lowest BCUT2D eigenvalue weighted by molar-refractivity contribution is -0.930. The second-order valence-electron chi connectivity index (χ2n) is 6.42. The normalized spacial score (nSPS) is 16.5. The van der Waals surface area contributed by atoms with Crippen LogP contribution in [0.3, 0.4) is 0 Å². The minimum atomic E-state index is -0.327. The van der Waals surface area contributed by atoms with E-state index in [9.17, 15) is 10.1 Å². The summed E-state index contributed by atoms with van der Waals surface area (Å²) in [5, 5.41) is 11.0. The van der Waals surface area contributed by atoms with Gasteiger partial charge in [0.1, 0.15) is 11.8 Å². The van der Waals surface area contributed by atoms with Crippen molar-refractivity contribution in [3.05, 3.63) is 64.2 Å². The number of quaternary nitrogens is 1. The zero-order chi connectivity index (χ0) is 17.8. The van der Waals surface area contributed by atoms with Gasteiger partial charge in [-0.2, -0.15) is 0 Å². The third-order valence-electron chi connectivity index (χ3n) is 5.02. The van der Waals surface area contributed by atoms with Crippen molar-refractivity contribution in [2.24, 2.45) is 0 Å². The fourth-order valence-corrected chi connectivity index (χ4v) is 3.44. The van der Waals surface area contributed by atoms with Gasteiger partial charge in [-0.3, -0.25) is 10.1 Å². The molecule has 2 aromatic rings. The van der Waals surface area contributed by atoms with Gasteiger partial charge in [-0.15, -0.1) is 0 Å². The van der Waals surface area contributed by atoms with Gasteiger partial charge in [-0.05, 0) is 19.1 Å². The SMILES string of the molecule is COc1cccc(N2CC[NH+]([C@@H](C)c3cccc([N+](=O)[O-])c3)CC2)c1. The second kappa shape index (κ2) is 7.53. The largest absolute Gasteiger partial charge is 0.497 e. The topological polar surface area (TPSA) is 60.0 Å². The van der Waals surface area contributed by atoms with Crippen molar-refractivity contribution in [1.29, 1.82) is 0 Å². The van der Waals surface area contributed by atoms with Crippen LogP contribution < -0.4 is 14.5 Å². The summed E-state index contributed by atoms with van der Waals surface area (Å²) in [6.07, 6.45) is 0. The number of hydrogen-bond acceptors (Lipinski definition) is 4. The van der Waals surface area contributed by atoms with Crippen molar-refractivity contribution in [1.82, 2.24) is 0 Å². The number of rotatable bonds is 5. The number of benzene rings is 2. The molecular formula is C19H24N3O3+. The molecule has 3 rings (SSSR count). The molecule has 0 unspecified atom stereocenters. The maximum atomic E-state index is 11.0. The molecule has 25 heavy (non-hydrogen) atoms. The molecule has 0 aromatic heterocycles. The van der Waals surface area contributed by atoms with Crippen LogP contribution in [0.15, 0.2) is 48.5 Å². The van der Waals surface area contributed by atoms with Crippen molar-refractivity contribution in [3.63, 3.8) is 0 Å². The molecule has 2 aromatic carbocycles. The Labute approximate surface area is 147 Å². The molecule has 0 saturated carbocycles. The van der Waals surface area contributed by atoms with E-state index in [0.29, 0.717) is 0 Å². The lowest BCUT2D eigenvalue weighted by atomic mass is 10.1. The predicted molar refractivity (Wildman–Crippen MR) is 97.4 cm³/mol. The summed E-state index contributed by atoms with van der Waals surface area (Å²) in [5.41, 5.74) is 2.37. The Morgan fingerprint density at radius 1 is 1.16 bits per heavy atom. The maximum Gasteiger partial charge on any atom is 0.269 e. The van der Waals surface area contributed by atoms with E-state index >= 15 is 0 Å². The number of anilines is 1. The van der Waals surface area contributed by atoms with Gasteiger partial charge in [0, 0.05) is 29.4 Å². The Morgan fingerprint density at radius 2 is 1.88 bits per heavy atom. The summed E-state index contributed by atoms with van der Waals surface area (Å²) in [7, 11) is 1.68. The summed E-state index contributed by atoms with van der Waals surface area (Å²) in [6.45, 7) is 6.07. The van der Waals surface area contributed by atoms with Gasteiger partial charge in [-0.1, -0.05) is 18.2 Å². The van der Waals surface area contributed by atoms with Gasteiger partial charge >= 0.3 is 0 Å². The van der Waals surface area contributed by atoms with Gasteiger partial charge in [0.2, 0.25) is 0 Å². The molecule has 6 heteroatoms.